The molecule has 1 aromatic rings. The van der Waals surface area contributed by atoms with E-state index in [4.69, 9.17) is 11.6 Å². The third-order valence-electron chi connectivity index (χ3n) is 3.60. The molecule has 2 amide bonds. The zero-order chi connectivity index (χ0) is 12.5. The van der Waals surface area contributed by atoms with Gasteiger partial charge in [0, 0.05) is 10.7 Å². The summed E-state index contributed by atoms with van der Waals surface area (Å²) in [6, 6.07) is 7.61. The molecule has 18 heavy (non-hydrogen) atoms. The number of hydrogen-bond donors (Lipinski definition) is 2. The molecule has 0 unspecified atom stereocenters. The lowest BCUT2D eigenvalue weighted by Crippen LogP contribution is -2.44. The van der Waals surface area contributed by atoms with Gasteiger partial charge in [-0.3, -0.25) is 0 Å². The Bertz CT molecular complexity index is 507. The number of carbonyl (C=O) groups is 1. The van der Waals surface area contributed by atoms with E-state index in [9.17, 15) is 4.79 Å². The van der Waals surface area contributed by atoms with Gasteiger partial charge in [-0.15, -0.1) is 0 Å². The minimum Gasteiger partial charge on any atom is -0.327 e. The third kappa shape index (κ3) is 2.10. The van der Waals surface area contributed by atoms with Crippen LogP contribution in [-0.2, 0) is 0 Å². The first-order chi connectivity index (χ1) is 8.74. The summed E-state index contributed by atoms with van der Waals surface area (Å²) < 4.78 is 0. The predicted octanol–water partition coefficient (Wildman–Crippen LogP) is 3.52. The molecule has 0 bridgehead atoms. The molecule has 0 aromatic heterocycles. The number of benzene rings is 1. The molecule has 0 fully saturated rings. The highest BCUT2D eigenvalue weighted by Crippen LogP contribution is 2.35. The molecular weight excluding hydrogens is 248 g/mol. The first-order valence-electron chi connectivity index (χ1n) is 6.29. The lowest BCUT2D eigenvalue weighted by molar-refractivity contribution is 0.236. The Hall–Kier alpha value is -1.48. The first kappa shape index (κ1) is 11.6. The summed E-state index contributed by atoms with van der Waals surface area (Å²) in [5, 5.41) is 6.65. The fraction of sp³-hybridized carbons (Fsp3) is 0.357. The fourth-order valence-corrected chi connectivity index (χ4v) is 2.85. The Morgan fingerprint density at radius 3 is 2.61 bits per heavy atom. The molecule has 3 rings (SSSR count). The average Bonchev–Trinajstić information content (AvgIpc) is 2.38. The van der Waals surface area contributed by atoms with Crippen molar-refractivity contribution in [3.8, 4) is 0 Å². The molecule has 1 heterocycles. The number of allylic oxidation sites excluding steroid dienone is 1. The predicted molar refractivity (Wildman–Crippen MR) is 71.4 cm³/mol. The largest absolute Gasteiger partial charge is 0.327 e. The Morgan fingerprint density at radius 1 is 1.11 bits per heavy atom. The molecule has 0 saturated carbocycles. The van der Waals surface area contributed by atoms with E-state index in [-0.39, 0.29) is 12.1 Å². The van der Waals surface area contributed by atoms with Crippen LogP contribution in [0.3, 0.4) is 0 Å². The quantitative estimate of drug-likeness (QED) is 0.799. The molecule has 0 saturated heterocycles. The van der Waals surface area contributed by atoms with Crippen molar-refractivity contribution in [3.63, 3.8) is 0 Å². The normalized spacial score (nSPS) is 23.2. The molecule has 0 spiro atoms. The van der Waals surface area contributed by atoms with Crippen LogP contribution >= 0.6 is 11.6 Å². The van der Waals surface area contributed by atoms with Gasteiger partial charge in [0.05, 0.1) is 6.04 Å². The highest BCUT2D eigenvalue weighted by molar-refractivity contribution is 6.30. The van der Waals surface area contributed by atoms with Gasteiger partial charge in [0.2, 0.25) is 0 Å². The minimum absolute atomic E-state index is 0.00585. The van der Waals surface area contributed by atoms with Gasteiger partial charge in [-0.05, 0) is 49.0 Å². The summed E-state index contributed by atoms with van der Waals surface area (Å²) in [7, 11) is 0. The second kappa shape index (κ2) is 4.65. The van der Waals surface area contributed by atoms with E-state index >= 15 is 0 Å². The number of halogens is 1. The average molecular weight is 263 g/mol. The molecule has 2 N–H and O–H groups in total. The number of amides is 2. The van der Waals surface area contributed by atoms with Crippen molar-refractivity contribution in [2.75, 3.05) is 0 Å². The van der Waals surface area contributed by atoms with Gasteiger partial charge in [0.1, 0.15) is 0 Å². The Kier molecular flexibility index (Phi) is 3.00. The number of rotatable bonds is 1. The number of carbonyl (C=O) groups excluding carboxylic acids is 1. The summed E-state index contributed by atoms with van der Waals surface area (Å²) in [5.74, 6) is 0. The van der Waals surface area contributed by atoms with E-state index in [1.54, 1.807) is 0 Å². The molecule has 2 aliphatic rings. The van der Waals surface area contributed by atoms with Crippen LogP contribution in [-0.4, -0.2) is 6.03 Å². The summed E-state index contributed by atoms with van der Waals surface area (Å²) in [6.07, 6.45) is 4.38. The lowest BCUT2D eigenvalue weighted by atomic mass is 9.86. The lowest BCUT2D eigenvalue weighted by Gasteiger charge is -2.33. The molecule has 3 nitrogen and oxygen atoms in total. The Morgan fingerprint density at radius 2 is 1.83 bits per heavy atom. The maximum Gasteiger partial charge on any atom is 0.319 e. The molecule has 1 aliphatic carbocycles. The van der Waals surface area contributed by atoms with Gasteiger partial charge < -0.3 is 10.6 Å². The van der Waals surface area contributed by atoms with Crippen LogP contribution in [0.2, 0.25) is 5.02 Å². The van der Waals surface area contributed by atoms with Crippen molar-refractivity contribution in [2.24, 2.45) is 0 Å². The summed E-state index contributed by atoms with van der Waals surface area (Å²) in [5.41, 5.74) is 3.54. The zero-order valence-electron chi connectivity index (χ0n) is 10.0. The topological polar surface area (TPSA) is 41.1 Å². The summed E-state index contributed by atoms with van der Waals surface area (Å²) in [6.45, 7) is 0. The Balaban J connectivity index is 1.98. The van der Waals surface area contributed by atoms with Crippen LogP contribution < -0.4 is 10.6 Å². The van der Waals surface area contributed by atoms with Gasteiger partial charge in [-0.25, -0.2) is 4.79 Å². The van der Waals surface area contributed by atoms with Crippen LogP contribution in [0.1, 0.15) is 37.3 Å². The fourth-order valence-electron chi connectivity index (χ4n) is 2.72. The molecule has 1 aromatic carbocycles. The van der Waals surface area contributed by atoms with E-state index in [0.717, 1.165) is 35.5 Å². The van der Waals surface area contributed by atoms with Gasteiger partial charge in [-0.2, -0.15) is 0 Å². The van der Waals surface area contributed by atoms with Crippen LogP contribution in [0.5, 0.6) is 0 Å². The first-order valence-corrected chi connectivity index (χ1v) is 6.67. The maximum absolute atomic E-state index is 11.7. The zero-order valence-corrected chi connectivity index (χ0v) is 10.8. The van der Waals surface area contributed by atoms with Crippen molar-refractivity contribution >= 4 is 17.6 Å². The van der Waals surface area contributed by atoms with E-state index in [1.807, 2.05) is 24.3 Å². The molecule has 4 heteroatoms. The van der Waals surface area contributed by atoms with Crippen molar-refractivity contribution < 1.29 is 4.79 Å². The van der Waals surface area contributed by atoms with Crippen molar-refractivity contribution in [2.45, 2.75) is 31.7 Å². The summed E-state index contributed by atoms with van der Waals surface area (Å²) >= 11 is 5.90. The molecule has 94 valence electrons. The Labute approximate surface area is 111 Å². The molecule has 1 atom stereocenters. The van der Waals surface area contributed by atoms with Gasteiger partial charge in [0.25, 0.3) is 0 Å². The van der Waals surface area contributed by atoms with Crippen molar-refractivity contribution in [1.82, 2.24) is 10.6 Å². The summed E-state index contributed by atoms with van der Waals surface area (Å²) in [4.78, 5) is 11.7. The highest BCUT2D eigenvalue weighted by atomic mass is 35.5. The van der Waals surface area contributed by atoms with E-state index in [0.29, 0.717) is 0 Å². The van der Waals surface area contributed by atoms with Crippen LogP contribution in [0, 0.1) is 0 Å². The maximum atomic E-state index is 11.7. The van der Waals surface area contributed by atoms with Gasteiger partial charge in [0.15, 0.2) is 0 Å². The number of urea groups is 1. The van der Waals surface area contributed by atoms with E-state index in [2.05, 4.69) is 10.6 Å². The van der Waals surface area contributed by atoms with E-state index in [1.165, 1.54) is 12.0 Å². The minimum atomic E-state index is -0.101. The van der Waals surface area contributed by atoms with Crippen LogP contribution in [0.25, 0.3) is 0 Å². The SMILES string of the molecule is O=C1NC2=C(CCCC2)[C@H](c2ccc(Cl)cc2)N1. The van der Waals surface area contributed by atoms with Gasteiger partial charge >= 0.3 is 6.03 Å². The number of nitrogens with one attached hydrogen (secondary N) is 2. The van der Waals surface area contributed by atoms with Gasteiger partial charge in [-0.1, -0.05) is 23.7 Å². The molecule has 1 aliphatic heterocycles. The van der Waals surface area contributed by atoms with Crippen LogP contribution in [0.4, 0.5) is 4.79 Å². The van der Waals surface area contributed by atoms with Crippen molar-refractivity contribution in [3.05, 3.63) is 46.1 Å². The second-order valence-electron chi connectivity index (χ2n) is 4.79. The van der Waals surface area contributed by atoms with E-state index < -0.39 is 0 Å². The monoisotopic (exact) mass is 262 g/mol. The molecule has 0 radical (unpaired) electrons. The highest BCUT2D eigenvalue weighted by Gasteiger charge is 2.29. The third-order valence-corrected chi connectivity index (χ3v) is 3.85. The standard InChI is InChI=1S/C14H15ClN2O/c15-10-7-5-9(6-8-10)13-11-3-1-2-4-12(11)16-14(18)17-13/h5-8,13H,1-4H2,(H2,16,17,18)/t13-/m0/s1. The number of hydrogen-bond acceptors (Lipinski definition) is 1. The molecular formula is C14H15ClN2O. The smallest absolute Gasteiger partial charge is 0.319 e. The van der Waals surface area contributed by atoms with Crippen molar-refractivity contribution in [1.29, 1.82) is 0 Å². The van der Waals surface area contributed by atoms with Crippen LogP contribution in [0.15, 0.2) is 35.5 Å². The second-order valence-corrected chi connectivity index (χ2v) is 5.23.